The average Bonchev–Trinajstić information content (AvgIpc) is 3.19. The van der Waals surface area contributed by atoms with E-state index in [-0.39, 0.29) is 6.04 Å². The molecule has 0 saturated carbocycles. The Labute approximate surface area is 152 Å². The van der Waals surface area contributed by atoms with Crippen LogP contribution in [0.1, 0.15) is 34.7 Å². The minimum atomic E-state index is 0.125. The molecule has 0 spiro atoms. The summed E-state index contributed by atoms with van der Waals surface area (Å²) in [5, 5.41) is 8.83. The van der Waals surface area contributed by atoms with Crippen molar-refractivity contribution >= 4 is 0 Å². The van der Waals surface area contributed by atoms with Gasteiger partial charge in [-0.3, -0.25) is 4.90 Å². The Kier molecular flexibility index (Phi) is 4.57. The molecule has 3 aromatic rings. The minimum Gasteiger partial charge on any atom is -0.378 e. The first kappa shape index (κ1) is 16.9. The Hall–Kier alpha value is -2.51. The molecule has 1 aliphatic rings. The summed E-state index contributed by atoms with van der Waals surface area (Å²) in [5.41, 5.74) is 4.44. The van der Waals surface area contributed by atoms with Crippen molar-refractivity contribution in [2.75, 3.05) is 19.8 Å². The second kappa shape index (κ2) is 7.01. The maximum atomic E-state index is 5.79. The molecule has 0 unspecified atom stereocenters. The molecular weight excluding hydrogens is 330 g/mol. The second-order valence-corrected chi connectivity index (χ2v) is 6.62. The number of morpholine rings is 1. The highest BCUT2D eigenvalue weighted by Crippen LogP contribution is 2.31. The van der Waals surface area contributed by atoms with E-state index in [0.29, 0.717) is 31.5 Å². The lowest BCUT2D eigenvalue weighted by atomic mass is 10.0. The van der Waals surface area contributed by atoms with Gasteiger partial charge < -0.3 is 9.26 Å². The molecule has 4 rings (SSSR count). The van der Waals surface area contributed by atoms with Gasteiger partial charge in [0.15, 0.2) is 5.82 Å². The van der Waals surface area contributed by atoms with Crippen molar-refractivity contribution < 1.29 is 9.26 Å². The third-order valence-electron chi connectivity index (χ3n) is 4.83. The highest BCUT2D eigenvalue weighted by Gasteiger charge is 2.30. The van der Waals surface area contributed by atoms with Crippen molar-refractivity contribution in [3.63, 3.8) is 0 Å². The SMILES string of the molecule is Cc1nc(CN2CCOC[C@H]2c2c(C)nn(-c3ccccc3)c2C)no1. The number of hydrogen-bond acceptors (Lipinski definition) is 6. The molecule has 3 heterocycles. The number of aromatic nitrogens is 4. The fourth-order valence-electron chi connectivity index (χ4n) is 3.64. The van der Waals surface area contributed by atoms with Crippen LogP contribution in [0.4, 0.5) is 0 Å². The fourth-order valence-corrected chi connectivity index (χ4v) is 3.64. The quantitative estimate of drug-likeness (QED) is 0.718. The van der Waals surface area contributed by atoms with Crippen LogP contribution in [0.15, 0.2) is 34.9 Å². The van der Waals surface area contributed by atoms with Gasteiger partial charge in [0, 0.05) is 24.7 Å². The van der Waals surface area contributed by atoms with Crippen LogP contribution in [-0.2, 0) is 11.3 Å². The molecule has 0 bridgehead atoms. The number of aryl methyl sites for hydroxylation is 2. The van der Waals surface area contributed by atoms with Crippen molar-refractivity contribution in [2.45, 2.75) is 33.4 Å². The second-order valence-electron chi connectivity index (χ2n) is 6.62. The minimum absolute atomic E-state index is 0.125. The first-order chi connectivity index (χ1) is 12.6. The van der Waals surface area contributed by atoms with E-state index in [1.165, 1.54) is 5.56 Å². The van der Waals surface area contributed by atoms with Crippen LogP contribution in [0.5, 0.6) is 0 Å². The van der Waals surface area contributed by atoms with E-state index >= 15 is 0 Å². The molecule has 1 saturated heterocycles. The summed E-state index contributed by atoms with van der Waals surface area (Å²) in [6, 6.07) is 10.3. The van der Waals surface area contributed by atoms with E-state index in [1.807, 2.05) is 29.8 Å². The van der Waals surface area contributed by atoms with E-state index in [0.717, 1.165) is 23.6 Å². The monoisotopic (exact) mass is 353 g/mol. The summed E-state index contributed by atoms with van der Waals surface area (Å²) < 4.78 is 12.9. The predicted molar refractivity (Wildman–Crippen MR) is 96.0 cm³/mol. The van der Waals surface area contributed by atoms with Gasteiger partial charge in [-0.05, 0) is 26.0 Å². The molecule has 1 atom stereocenters. The number of para-hydroxylation sites is 1. The molecule has 1 fully saturated rings. The molecule has 0 amide bonds. The summed E-state index contributed by atoms with van der Waals surface area (Å²) >= 11 is 0. The standard InChI is InChI=1S/C19H23N5O2/c1-13-19(14(2)24(21-13)16-7-5-4-6-8-16)17-12-25-10-9-23(17)11-18-20-15(3)26-22-18/h4-8,17H,9-12H2,1-3H3/t17-/m0/s1. The Balaban J connectivity index is 1.67. The lowest BCUT2D eigenvalue weighted by Gasteiger charge is -2.35. The third kappa shape index (κ3) is 3.15. The first-order valence-corrected chi connectivity index (χ1v) is 8.86. The summed E-state index contributed by atoms with van der Waals surface area (Å²) in [4.78, 5) is 6.70. The molecule has 0 N–H and O–H groups in total. The molecular formula is C19H23N5O2. The number of hydrogen-bond donors (Lipinski definition) is 0. The average molecular weight is 353 g/mol. The maximum absolute atomic E-state index is 5.79. The first-order valence-electron chi connectivity index (χ1n) is 8.86. The number of benzene rings is 1. The highest BCUT2D eigenvalue weighted by atomic mass is 16.5. The van der Waals surface area contributed by atoms with E-state index < -0.39 is 0 Å². The van der Waals surface area contributed by atoms with E-state index in [2.05, 4.69) is 41.0 Å². The molecule has 26 heavy (non-hydrogen) atoms. The highest BCUT2D eigenvalue weighted by molar-refractivity contribution is 5.38. The normalized spacial score (nSPS) is 18.3. The van der Waals surface area contributed by atoms with Gasteiger partial charge in [-0.1, -0.05) is 23.4 Å². The fraction of sp³-hybridized carbons (Fsp3) is 0.421. The zero-order valence-electron chi connectivity index (χ0n) is 15.3. The van der Waals surface area contributed by atoms with Crippen LogP contribution >= 0.6 is 0 Å². The summed E-state index contributed by atoms with van der Waals surface area (Å²) in [6.07, 6.45) is 0. The van der Waals surface area contributed by atoms with Crippen molar-refractivity contribution in [3.8, 4) is 5.69 Å². The molecule has 1 aliphatic heterocycles. The number of rotatable bonds is 4. The van der Waals surface area contributed by atoms with Crippen LogP contribution in [0.25, 0.3) is 5.69 Å². The Bertz CT molecular complexity index is 887. The van der Waals surface area contributed by atoms with Gasteiger partial charge in [0.1, 0.15) is 0 Å². The summed E-state index contributed by atoms with van der Waals surface area (Å²) in [6.45, 7) is 8.80. The number of ether oxygens (including phenoxy) is 1. The molecule has 7 nitrogen and oxygen atoms in total. The Morgan fingerprint density at radius 3 is 2.69 bits per heavy atom. The van der Waals surface area contributed by atoms with Crippen LogP contribution in [-0.4, -0.2) is 44.6 Å². The van der Waals surface area contributed by atoms with Gasteiger partial charge in [-0.2, -0.15) is 10.1 Å². The van der Waals surface area contributed by atoms with Gasteiger partial charge in [-0.25, -0.2) is 4.68 Å². The van der Waals surface area contributed by atoms with Crippen LogP contribution in [0.3, 0.4) is 0 Å². The smallest absolute Gasteiger partial charge is 0.223 e. The van der Waals surface area contributed by atoms with Crippen molar-refractivity contribution in [1.29, 1.82) is 0 Å². The van der Waals surface area contributed by atoms with Gasteiger partial charge >= 0.3 is 0 Å². The molecule has 7 heteroatoms. The zero-order valence-corrected chi connectivity index (χ0v) is 15.3. The van der Waals surface area contributed by atoms with Crippen molar-refractivity contribution in [3.05, 3.63) is 59.0 Å². The van der Waals surface area contributed by atoms with Gasteiger partial charge in [-0.15, -0.1) is 0 Å². The lowest BCUT2D eigenvalue weighted by molar-refractivity contribution is -0.0145. The lowest BCUT2D eigenvalue weighted by Crippen LogP contribution is -2.39. The van der Waals surface area contributed by atoms with Gasteiger partial charge in [0.05, 0.1) is 37.2 Å². The molecule has 0 aliphatic carbocycles. The van der Waals surface area contributed by atoms with Gasteiger partial charge in [0.2, 0.25) is 5.89 Å². The van der Waals surface area contributed by atoms with E-state index in [1.54, 1.807) is 0 Å². The van der Waals surface area contributed by atoms with E-state index in [9.17, 15) is 0 Å². The van der Waals surface area contributed by atoms with Crippen LogP contribution in [0, 0.1) is 20.8 Å². The topological polar surface area (TPSA) is 69.2 Å². The predicted octanol–water partition coefficient (Wildman–Crippen LogP) is 2.75. The van der Waals surface area contributed by atoms with Crippen LogP contribution < -0.4 is 0 Å². The molecule has 0 radical (unpaired) electrons. The Morgan fingerprint density at radius 2 is 1.96 bits per heavy atom. The van der Waals surface area contributed by atoms with Crippen LogP contribution in [0.2, 0.25) is 0 Å². The zero-order chi connectivity index (χ0) is 18.1. The van der Waals surface area contributed by atoms with Crippen molar-refractivity contribution in [1.82, 2.24) is 24.8 Å². The van der Waals surface area contributed by atoms with Crippen molar-refractivity contribution in [2.24, 2.45) is 0 Å². The molecule has 136 valence electrons. The summed E-state index contributed by atoms with van der Waals surface area (Å²) in [7, 11) is 0. The van der Waals surface area contributed by atoms with E-state index in [4.69, 9.17) is 14.4 Å². The molecule has 1 aromatic carbocycles. The number of nitrogens with zero attached hydrogens (tertiary/aromatic N) is 5. The maximum Gasteiger partial charge on any atom is 0.223 e. The summed E-state index contributed by atoms with van der Waals surface area (Å²) in [5.74, 6) is 1.30. The third-order valence-corrected chi connectivity index (χ3v) is 4.83. The Morgan fingerprint density at radius 1 is 1.15 bits per heavy atom. The van der Waals surface area contributed by atoms with Gasteiger partial charge in [0.25, 0.3) is 0 Å². The molecule has 2 aromatic heterocycles. The largest absolute Gasteiger partial charge is 0.378 e.